The maximum atomic E-state index is 11.3. The average molecular weight is 364 g/mol. The highest BCUT2D eigenvalue weighted by molar-refractivity contribution is 5.76. The molecule has 1 N–H and O–H groups in total. The van der Waals surface area contributed by atoms with Gasteiger partial charge in [-0.1, -0.05) is 49.7 Å². The summed E-state index contributed by atoms with van der Waals surface area (Å²) >= 11 is 0. The molecule has 4 heteroatoms. The van der Waals surface area contributed by atoms with Crippen molar-refractivity contribution in [2.75, 3.05) is 6.54 Å². The molecule has 142 valence electrons. The molecule has 0 radical (unpaired) electrons. The van der Waals surface area contributed by atoms with Crippen molar-refractivity contribution in [3.8, 4) is 0 Å². The fourth-order valence-electron chi connectivity index (χ4n) is 3.39. The van der Waals surface area contributed by atoms with Gasteiger partial charge >= 0.3 is 0 Å². The molecule has 0 saturated carbocycles. The standard InChI is InChI=1S/C23H29N3O/c1-3-23(27)24-16-10-4-5-15-22-25-20-13-8-9-14-21(20)26(22)17-19-12-7-6-11-18(19)2/h6-9,11-14H,3-5,10,15-17H2,1-2H3,(H,24,27). The lowest BCUT2D eigenvalue weighted by molar-refractivity contribution is -0.120. The minimum absolute atomic E-state index is 0.134. The lowest BCUT2D eigenvalue weighted by atomic mass is 10.1. The molecule has 0 spiro atoms. The Morgan fingerprint density at radius 1 is 1.04 bits per heavy atom. The Kier molecular flexibility index (Phi) is 6.64. The number of carbonyl (C=O) groups excluding carboxylic acids is 1. The van der Waals surface area contributed by atoms with Crippen LogP contribution in [0, 0.1) is 6.92 Å². The van der Waals surface area contributed by atoms with E-state index in [1.165, 1.54) is 16.6 Å². The van der Waals surface area contributed by atoms with Gasteiger partial charge in [0.2, 0.25) is 5.91 Å². The molecule has 4 nitrogen and oxygen atoms in total. The van der Waals surface area contributed by atoms with Crippen molar-refractivity contribution in [3.63, 3.8) is 0 Å². The summed E-state index contributed by atoms with van der Waals surface area (Å²) in [5.41, 5.74) is 4.92. The Hall–Kier alpha value is -2.62. The molecule has 0 aliphatic carbocycles. The van der Waals surface area contributed by atoms with E-state index in [0.29, 0.717) is 6.42 Å². The Balaban J connectivity index is 1.68. The Labute approximate surface area is 161 Å². The van der Waals surface area contributed by atoms with E-state index in [0.717, 1.165) is 50.1 Å². The largest absolute Gasteiger partial charge is 0.356 e. The molecule has 0 bridgehead atoms. The van der Waals surface area contributed by atoms with Crippen LogP contribution in [0.1, 0.15) is 49.6 Å². The molecule has 3 rings (SSSR count). The number of unbranched alkanes of at least 4 members (excludes halogenated alkanes) is 2. The zero-order valence-electron chi connectivity index (χ0n) is 16.4. The average Bonchev–Trinajstić information content (AvgIpc) is 3.03. The van der Waals surface area contributed by atoms with E-state index in [1.54, 1.807) is 0 Å². The number of nitrogens with one attached hydrogen (secondary N) is 1. The third-order valence-electron chi connectivity index (χ3n) is 5.04. The SMILES string of the molecule is CCC(=O)NCCCCCc1nc2ccccc2n1Cc1ccccc1C. The first-order valence-corrected chi connectivity index (χ1v) is 9.94. The zero-order chi connectivity index (χ0) is 19.1. The molecule has 0 atom stereocenters. The van der Waals surface area contributed by atoms with Crippen molar-refractivity contribution >= 4 is 16.9 Å². The van der Waals surface area contributed by atoms with Gasteiger partial charge in [0, 0.05) is 25.9 Å². The minimum atomic E-state index is 0.134. The lowest BCUT2D eigenvalue weighted by Gasteiger charge is -2.11. The van der Waals surface area contributed by atoms with Crippen LogP contribution in [0.2, 0.25) is 0 Å². The topological polar surface area (TPSA) is 46.9 Å². The van der Waals surface area contributed by atoms with Crippen molar-refractivity contribution in [3.05, 3.63) is 65.5 Å². The van der Waals surface area contributed by atoms with Gasteiger partial charge in [-0.2, -0.15) is 0 Å². The quantitative estimate of drug-likeness (QED) is 0.563. The van der Waals surface area contributed by atoms with Crippen LogP contribution in [0.5, 0.6) is 0 Å². The van der Waals surface area contributed by atoms with Crippen LogP contribution in [0.15, 0.2) is 48.5 Å². The number of aryl methyl sites for hydroxylation is 2. The molecule has 1 aromatic heterocycles. The van der Waals surface area contributed by atoms with E-state index >= 15 is 0 Å². The minimum Gasteiger partial charge on any atom is -0.356 e. The van der Waals surface area contributed by atoms with Gasteiger partial charge in [0.05, 0.1) is 11.0 Å². The van der Waals surface area contributed by atoms with Crippen molar-refractivity contribution in [2.45, 2.75) is 52.5 Å². The highest BCUT2D eigenvalue weighted by Crippen LogP contribution is 2.20. The van der Waals surface area contributed by atoms with Gasteiger partial charge in [0.1, 0.15) is 5.82 Å². The first kappa shape index (κ1) is 19.2. The van der Waals surface area contributed by atoms with Crippen LogP contribution in [-0.2, 0) is 17.8 Å². The highest BCUT2D eigenvalue weighted by Gasteiger charge is 2.11. The molecular formula is C23H29N3O. The summed E-state index contributed by atoms with van der Waals surface area (Å²) in [4.78, 5) is 16.2. The summed E-state index contributed by atoms with van der Waals surface area (Å²) < 4.78 is 2.36. The van der Waals surface area contributed by atoms with Gasteiger partial charge in [-0.25, -0.2) is 4.98 Å². The summed E-state index contributed by atoms with van der Waals surface area (Å²) in [6, 6.07) is 16.9. The maximum Gasteiger partial charge on any atom is 0.219 e. The molecule has 0 aliphatic rings. The van der Waals surface area contributed by atoms with Gasteiger partial charge in [0.15, 0.2) is 0 Å². The van der Waals surface area contributed by atoms with Crippen molar-refractivity contribution in [2.24, 2.45) is 0 Å². The van der Waals surface area contributed by atoms with Crippen LogP contribution in [-0.4, -0.2) is 22.0 Å². The van der Waals surface area contributed by atoms with Gasteiger partial charge in [-0.05, 0) is 43.0 Å². The van der Waals surface area contributed by atoms with Crippen LogP contribution in [0.4, 0.5) is 0 Å². The van der Waals surface area contributed by atoms with Gasteiger partial charge < -0.3 is 9.88 Å². The Morgan fingerprint density at radius 3 is 2.63 bits per heavy atom. The van der Waals surface area contributed by atoms with Gasteiger partial charge in [-0.15, -0.1) is 0 Å². The number of amides is 1. The van der Waals surface area contributed by atoms with Crippen LogP contribution in [0.3, 0.4) is 0 Å². The molecule has 2 aromatic carbocycles. The number of carbonyl (C=O) groups is 1. The maximum absolute atomic E-state index is 11.3. The molecule has 1 amide bonds. The number of hydrogen-bond acceptors (Lipinski definition) is 2. The van der Waals surface area contributed by atoms with E-state index in [-0.39, 0.29) is 5.91 Å². The third-order valence-corrected chi connectivity index (χ3v) is 5.04. The Bertz CT molecular complexity index is 898. The van der Waals surface area contributed by atoms with Crippen LogP contribution < -0.4 is 5.32 Å². The fourth-order valence-corrected chi connectivity index (χ4v) is 3.39. The van der Waals surface area contributed by atoms with E-state index < -0.39 is 0 Å². The van der Waals surface area contributed by atoms with E-state index in [1.807, 2.05) is 13.0 Å². The monoisotopic (exact) mass is 363 g/mol. The normalized spacial score (nSPS) is 11.0. The number of para-hydroxylation sites is 2. The second kappa shape index (κ2) is 9.36. The summed E-state index contributed by atoms with van der Waals surface area (Å²) in [5, 5.41) is 2.94. The number of benzene rings is 2. The summed E-state index contributed by atoms with van der Waals surface area (Å²) in [5.74, 6) is 1.28. The number of fused-ring (bicyclic) bond motifs is 1. The second-order valence-electron chi connectivity index (χ2n) is 7.04. The Morgan fingerprint density at radius 2 is 1.81 bits per heavy atom. The van der Waals surface area contributed by atoms with Gasteiger partial charge in [-0.3, -0.25) is 4.79 Å². The van der Waals surface area contributed by atoms with Crippen molar-refractivity contribution in [1.82, 2.24) is 14.9 Å². The molecule has 1 heterocycles. The van der Waals surface area contributed by atoms with Gasteiger partial charge in [0.25, 0.3) is 0 Å². The number of hydrogen-bond donors (Lipinski definition) is 1. The number of aromatic nitrogens is 2. The first-order valence-electron chi connectivity index (χ1n) is 9.94. The molecule has 0 saturated heterocycles. The third kappa shape index (κ3) is 4.97. The molecule has 0 unspecified atom stereocenters. The van der Waals surface area contributed by atoms with Crippen molar-refractivity contribution < 1.29 is 4.79 Å². The van der Waals surface area contributed by atoms with Crippen LogP contribution in [0.25, 0.3) is 11.0 Å². The molecule has 0 aliphatic heterocycles. The predicted molar refractivity (Wildman–Crippen MR) is 111 cm³/mol. The lowest BCUT2D eigenvalue weighted by Crippen LogP contribution is -2.23. The molecule has 27 heavy (non-hydrogen) atoms. The number of nitrogens with zero attached hydrogens (tertiary/aromatic N) is 2. The molecular weight excluding hydrogens is 334 g/mol. The zero-order valence-corrected chi connectivity index (χ0v) is 16.4. The number of rotatable bonds is 9. The van der Waals surface area contributed by atoms with E-state index in [4.69, 9.17) is 4.98 Å². The van der Waals surface area contributed by atoms with E-state index in [9.17, 15) is 4.79 Å². The fraction of sp³-hybridized carbons (Fsp3) is 0.391. The van der Waals surface area contributed by atoms with Crippen LogP contribution >= 0.6 is 0 Å². The van der Waals surface area contributed by atoms with E-state index in [2.05, 4.69) is 59.3 Å². The van der Waals surface area contributed by atoms with Crippen molar-refractivity contribution in [1.29, 1.82) is 0 Å². The second-order valence-corrected chi connectivity index (χ2v) is 7.04. The summed E-state index contributed by atoms with van der Waals surface area (Å²) in [6.07, 6.45) is 4.71. The summed E-state index contributed by atoms with van der Waals surface area (Å²) in [7, 11) is 0. The highest BCUT2D eigenvalue weighted by atomic mass is 16.1. The predicted octanol–water partition coefficient (Wildman–Crippen LogP) is 4.63. The molecule has 3 aromatic rings. The molecule has 0 fully saturated rings. The smallest absolute Gasteiger partial charge is 0.219 e. The number of imidazole rings is 1. The first-order chi connectivity index (χ1) is 13.2. The summed E-state index contributed by atoms with van der Waals surface area (Å²) in [6.45, 7) is 5.67.